The second kappa shape index (κ2) is 7.71. The zero-order chi connectivity index (χ0) is 19.6. The third kappa shape index (κ3) is 3.77. The molecule has 1 N–H and O–H groups in total. The van der Waals surface area contributed by atoms with E-state index in [0.29, 0.717) is 57.7 Å². The van der Waals surface area contributed by atoms with E-state index >= 15 is 0 Å². The zero-order valence-corrected chi connectivity index (χ0v) is 16.1. The van der Waals surface area contributed by atoms with Crippen LogP contribution in [-0.2, 0) is 16.0 Å². The normalized spacial score (nSPS) is 19.0. The molecule has 0 atom stereocenters. The number of hydrogen-bond acceptors (Lipinski definition) is 5. The summed E-state index contributed by atoms with van der Waals surface area (Å²) in [5.41, 5.74) is 2.18. The highest BCUT2D eigenvalue weighted by molar-refractivity contribution is 5.92. The predicted molar refractivity (Wildman–Crippen MR) is 102 cm³/mol. The Balaban J connectivity index is 1.37. The van der Waals surface area contributed by atoms with Gasteiger partial charge in [-0.2, -0.15) is 15.4 Å². The van der Waals surface area contributed by atoms with Gasteiger partial charge in [0.15, 0.2) is 5.69 Å². The van der Waals surface area contributed by atoms with Crippen LogP contribution in [0, 0.1) is 6.92 Å². The third-order valence-corrected chi connectivity index (χ3v) is 5.80. The van der Waals surface area contributed by atoms with E-state index in [1.165, 1.54) is 6.20 Å². The number of nitrogens with one attached hydrogen (secondary N) is 1. The summed E-state index contributed by atoms with van der Waals surface area (Å²) in [6.45, 7) is 4.95. The van der Waals surface area contributed by atoms with Gasteiger partial charge in [0.2, 0.25) is 5.91 Å². The topological polar surface area (TPSA) is 91.4 Å². The van der Waals surface area contributed by atoms with Gasteiger partial charge in [-0.3, -0.25) is 9.59 Å². The quantitative estimate of drug-likeness (QED) is 0.860. The molecule has 1 aromatic heterocycles. The molecule has 1 aromatic carbocycles. The van der Waals surface area contributed by atoms with Crippen molar-refractivity contribution >= 4 is 11.8 Å². The molecule has 2 aromatic rings. The van der Waals surface area contributed by atoms with Crippen LogP contribution in [0.4, 0.5) is 0 Å². The molecule has 0 saturated carbocycles. The first-order valence-corrected chi connectivity index (χ1v) is 9.68. The van der Waals surface area contributed by atoms with Crippen LogP contribution in [0.25, 0.3) is 0 Å². The molecule has 148 valence electrons. The highest BCUT2D eigenvalue weighted by atomic mass is 16.5. The molecular weight excluding hydrogens is 358 g/mol. The number of aromatic nitrogens is 3. The molecule has 28 heavy (non-hydrogen) atoms. The molecule has 2 aliphatic heterocycles. The number of carbonyl (C=O) groups is 2. The smallest absolute Gasteiger partial charge is 0.276 e. The van der Waals surface area contributed by atoms with Crippen LogP contribution in [0.3, 0.4) is 0 Å². The second-order valence-electron chi connectivity index (χ2n) is 7.60. The Morgan fingerprint density at radius 1 is 1.18 bits per heavy atom. The van der Waals surface area contributed by atoms with E-state index in [9.17, 15) is 9.59 Å². The van der Waals surface area contributed by atoms with Crippen molar-refractivity contribution in [1.82, 2.24) is 25.2 Å². The van der Waals surface area contributed by atoms with Gasteiger partial charge in [0.25, 0.3) is 5.91 Å². The lowest BCUT2D eigenvalue weighted by Crippen LogP contribution is -2.58. The van der Waals surface area contributed by atoms with Crippen LogP contribution in [0.5, 0.6) is 0 Å². The molecule has 0 bridgehead atoms. The highest BCUT2D eigenvalue weighted by Crippen LogP contribution is 2.31. The summed E-state index contributed by atoms with van der Waals surface area (Å²) < 4.78 is 6.11. The number of amides is 2. The molecule has 2 amide bonds. The molecular formula is C20H25N5O3. The number of morpholine rings is 1. The monoisotopic (exact) mass is 383 g/mol. The van der Waals surface area contributed by atoms with Crippen molar-refractivity contribution in [3.8, 4) is 0 Å². The van der Waals surface area contributed by atoms with Crippen LogP contribution >= 0.6 is 0 Å². The average Bonchev–Trinajstić information content (AvgIpc) is 3.25. The van der Waals surface area contributed by atoms with Gasteiger partial charge < -0.3 is 14.5 Å². The molecule has 8 nitrogen and oxygen atoms in total. The maximum absolute atomic E-state index is 12.9. The van der Waals surface area contributed by atoms with Crippen LogP contribution in [0.15, 0.2) is 30.5 Å². The first-order chi connectivity index (χ1) is 13.6. The van der Waals surface area contributed by atoms with Crippen molar-refractivity contribution in [3.63, 3.8) is 0 Å². The first-order valence-electron chi connectivity index (χ1n) is 9.68. The predicted octanol–water partition coefficient (Wildman–Crippen LogP) is 1.19. The van der Waals surface area contributed by atoms with Crippen LogP contribution in [0.1, 0.15) is 34.5 Å². The van der Waals surface area contributed by atoms with Crippen molar-refractivity contribution in [2.75, 3.05) is 32.8 Å². The van der Waals surface area contributed by atoms with Gasteiger partial charge in [0.05, 0.1) is 24.8 Å². The SMILES string of the molecule is Cc1ccccc1CC(=O)N1CCOC2(CCN(C(=O)c3cn[nH]n3)CC2)C1. The van der Waals surface area contributed by atoms with Gasteiger partial charge in [0, 0.05) is 26.2 Å². The lowest BCUT2D eigenvalue weighted by molar-refractivity contribution is -0.157. The Kier molecular flexibility index (Phi) is 5.13. The molecule has 0 aliphatic carbocycles. The number of aryl methyl sites for hydroxylation is 1. The van der Waals surface area contributed by atoms with Gasteiger partial charge in [-0.1, -0.05) is 24.3 Å². The molecule has 0 radical (unpaired) electrons. The molecule has 2 saturated heterocycles. The van der Waals surface area contributed by atoms with E-state index in [1.807, 2.05) is 36.1 Å². The molecule has 1 spiro atoms. The van der Waals surface area contributed by atoms with Crippen molar-refractivity contribution in [2.45, 2.75) is 31.8 Å². The van der Waals surface area contributed by atoms with Crippen molar-refractivity contribution in [3.05, 3.63) is 47.3 Å². The van der Waals surface area contributed by atoms with Gasteiger partial charge >= 0.3 is 0 Å². The fraction of sp³-hybridized carbons (Fsp3) is 0.500. The molecule has 0 unspecified atom stereocenters. The highest BCUT2D eigenvalue weighted by Gasteiger charge is 2.42. The second-order valence-corrected chi connectivity index (χ2v) is 7.60. The fourth-order valence-electron chi connectivity index (χ4n) is 4.03. The fourth-order valence-corrected chi connectivity index (χ4v) is 4.03. The summed E-state index contributed by atoms with van der Waals surface area (Å²) in [7, 11) is 0. The van der Waals surface area contributed by atoms with E-state index in [-0.39, 0.29) is 17.4 Å². The number of likely N-dealkylation sites (tertiary alicyclic amines) is 1. The maximum atomic E-state index is 12.9. The number of carbonyl (C=O) groups excluding carboxylic acids is 2. The summed E-state index contributed by atoms with van der Waals surface area (Å²) >= 11 is 0. The summed E-state index contributed by atoms with van der Waals surface area (Å²) in [5, 5.41) is 10.0. The number of benzene rings is 1. The Labute approximate surface area is 163 Å². The van der Waals surface area contributed by atoms with Crippen LogP contribution < -0.4 is 0 Å². The van der Waals surface area contributed by atoms with E-state index in [2.05, 4.69) is 15.4 Å². The van der Waals surface area contributed by atoms with Crippen molar-refractivity contribution in [1.29, 1.82) is 0 Å². The lowest BCUT2D eigenvalue weighted by atomic mass is 9.89. The molecule has 4 rings (SSSR count). The van der Waals surface area contributed by atoms with Crippen LogP contribution in [0.2, 0.25) is 0 Å². The van der Waals surface area contributed by atoms with Gasteiger partial charge in [-0.15, -0.1) is 0 Å². The average molecular weight is 383 g/mol. The van der Waals surface area contributed by atoms with Gasteiger partial charge in [-0.05, 0) is 30.9 Å². The summed E-state index contributed by atoms with van der Waals surface area (Å²) in [6.07, 6.45) is 3.28. The first kappa shape index (κ1) is 18.6. The number of ether oxygens (including phenoxy) is 1. The Morgan fingerprint density at radius 3 is 2.68 bits per heavy atom. The van der Waals surface area contributed by atoms with E-state index in [0.717, 1.165) is 11.1 Å². The number of H-pyrrole nitrogens is 1. The van der Waals surface area contributed by atoms with E-state index in [4.69, 9.17) is 4.74 Å². The Hall–Kier alpha value is -2.74. The largest absolute Gasteiger partial charge is 0.371 e. The minimum absolute atomic E-state index is 0.119. The number of piperidine rings is 1. The number of rotatable bonds is 3. The zero-order valence-electron chi connectivity index (χ0n) is 16.1. The summed E-state index contributed by atoms with van der Waals surface area (Å²) in [4.78, 5) is 29.0. The maximum Gasteiger partial charge on any atom is 0.276 e. The number of hydrogen-bond donors (Lipinski definition) is 1. The number of aromatic amines is 1. The van der Waals surface area contributed by atoms with E-state index in [1.54, 1.807) is 4.90 Å². The molecule has 3 heterocycles. The van der Waals surface area contributed by atoms with Crippen molar-refractivity contribution in [2.24, 2.45) is 0 Å². The molecule has 8 heteroatoms. The molecule has 2 aliphatic rings. The Morgan fingerprint density at radius 2 is 1.96 bits per heavy atom. The third-order valence-electron chi connectivity index (χ3n) is 5.80. The molecule has 2 fully saturated rings. The standard InChI is InChI=1S/C20H25N5O3/c1-15-4-2-3-5-16(15)12-18(26)25-10-11-28-20(14-25)6-8-24(9-7-20)19(27)17-13-21-23-22-17/h2-5,13H,6-12,14H2,1H3,(H,21,22,23). The lowest BCUT2D eigenvalue weighted by Gasteiger charge is -2.47. The van der Waals surface area contributed by atoms with E-state index < -0.39 is 0 Å². The van der Waals surface area contributed by atoms with Gasteiger partial charge in [0.1, 0.15) is 0 Å². The minimum atomic E-state index is -0.361. The number of nitrogens with zero attached hydrogens (tertiary/aromatic N) is 4. The summed E-state index contributed by atoms with van der Waals surface area (Å²) in [6, 6.07) is 8.00. The Bertz CT molecular complexity index is 843. The van der Waals surface area contributed by atoms with Crippen LogP contribution in [-0.4, -0.2) is 75.4 Å². The van der Waals surface area contributed by atoms with Gasteiger partial charge in [-0.25, -0.2) is 0 Å². The summed E-state index contributed by atoms with van der Waals surface area (Å²) in [5.74, 6) is 0.0185. The van der Waals surface area contributed by atoms with Crippen molar-refractivity contribution < 1.29 is 14.3 Å². The minimum Gasteiger partial charge on any atom is -0.371 e.